The molecule has 0 radical (unpaired) electrons. The van der Waals surface area contributed by atoms with Crippen molar-refractivity contribution in [3.05, 3.63) is 47.3 Å². The molecule has 2 heterocycles. The van der Waals surface area contributed by atoms with E-state index in [0.717, 1.165) is 5.56 Å². The molecule has 0 aliphatic carbocycles. The second kappa shape index (κ2) is 6.08. The Labute approximate surface area is 134 Å². The van der Waals surface area contributed by atoms with Crippen molar-refractivity contribution in [2.24, 2.45) is 0 Å². The first-order chi connectivity index (χ1) is 11.1. The molecular formula is C17H17N3O3. The van der Waals surface area contributed by atoms with Crippen molar-refractivity contribution in [1.82, 2.24) is 9.97 Å². The summed E-state index contributed by atoms with van der Waals surface area (Å²) < 4.78 is 10.8. The number of hydrogen-bond donors (Lipinski definition) is 0. The van der Waals surface area contributed by atoms with Crippen LogP contribution < -0.4 is 14.4 Å². The van der Waals surface area contributed by atoms with Gasteiger partial charge < -0.3 is 14.4 Å². The number of ether oxygens (including phenoxy) is 2. The van der Waals surface area contributed by atoms with Crippen LogP contribution in [0.15, 0.2) is 36.2 Å². The lowest BCUT2D eigenvalue weighted by molar-refractivity contribution is 0.100. The number of nitrogens with zero attached hydrogens (tertiary/aromatic N) is 3. The number of fused-ring (bicyclic) bond motifs is 1. The van der Waals surface area contributed by atoms with Gasteiger partial charge in [0.2, 0.25) is 5.95 Å². The van der Waals surface area contributed by atoms with Gasteiger partial charge in [0.05, 0.1) is 12.7 Å². The monoisotopic (exact) mass is 311 g/mol. The second-order valence-corrected chi connectivity index (χ2v) is 5.36. The third kappa shape index (κ3) is 3.01. The molecule has 0 N–H and O–H groups in total. The standard InChI is InChI=1S/C17H17N3O3/c1-20(2)17-18-8-11(9-19-17)6-12-10-23-15-7-13(22-3)4-5-14(15)16(12)21/h4-9H,10H2,1-3H3/b12-6+. The van der Waals surface area contributed by atoms with Crippen molar-refractivity contribution >= 4 is 17.8 Å². The van der Waals surface area contributed by atoms with Gasteiger partial charge in [0.15, 0.2) is 5.78 Å². The molecule has 6 nitrogen and oxygen atoms in total. The molecule has 1 aromatic heterocycles. The normalized spacial score (nSPS) is 15.1. The molecule has 0 bridgehead atoms. The van der Waals surface area contributed by atoms with Gasteiger partial charge in [0, 0.05) is 43.7 Å². The summed E-state index contributed by atoms with van der Waals surface area (Å²) in [5, 5.41) is 0. The maximum atomic E-state index is 12.6. The SMILES string of the molecule is COc1ccc2c(c1)OC/C(=C\c1cnc(N(C)C)nc1)C2=O. The number of anilines is 1. The highest BCUT2D eigenvalue weighted by molar-refractivity contribution is 6.14. The van der Waals surface area contributed by atoms with E-state index in [-0.39, 0.29) is 12.4 Å². The summed E-state index contributed by atoms with van der Waals surface area (Å²) in [4.78, 5) is 22.8. The largest absolute Gasteiger partial charge is 0.497 e. The summed E-state index contributed by atoms with van der Waals surface area (Å²) in [7, 11) is 5.32. The number of rotatable bonds is 3. The average molecular weight is 311 g/mol. The maximum Gasteiger partial charge on any atom is 0.224 e. The fraction of sp³-hybridized carbons (Fsp3) is 0.235. The number of carbonyl (C=O) groups is 1. The van der Waals surface area contributed by atoms with Gasteiger partial charge in [-0.25, -0.2) is 9.97 Å². The van der Waals surface area contributed by atoms with E-state index >= 15 is 0 Å². The minimum absolute atomic E-state index is 0.0504. The quantitative estimate of drug-likeness (QED) is 0.810. The van der Waals surface area contributed by atoms with Crippen molar-refractivity contribution in [2.75, 3.05) is 32.7 Å². The van der Waals surface area contributed by atoms with E-state index in [1.54, 1.807) is 43.8 Å². The highest BCUT2D eigenvalue weighted by Gasteiger charge is 2.23. The Morgan fingerprint density at radius 2 is 2.00 bits per heavy atom. The third-order valence-corrected chi connectivity index (χ3v) is 3.51. The number of ketones is 1. The number of Topliss-reactive ketones (excluding diaryl/α,β-unsaturated/α-hetero) is 1. The van der Waals surface area contributed by atoms with E-state index in [1.165, 1.54) is 0 Å². The Balaban J connectivity index is 1.88. The lowest BCUT2D eigenvalue weighted by Gasteiger charge is -2.19. The van der Waals surface area contributed by atoms with Crippen molar-refractivity contribution in [2.45, 2.75) is 0 Å². The summed E-state index contributed by atoms with van der Waals surface area (Å²) >= 11 is 0. The molecule has 6 heteroatoms. The highest BCUT2D eigenvalue weighted by Crippen LogP contribution is 2.31. The molecule has 0 saturated carbocycles. The predicted molar refractivity (Wildman–Crippen MR) is 87.2 cm³/mol. The molecular weight excluding hydrogens is 294 g/mol. The van der Waals surface area contributed by atoms with E-state index in [4.69, 9.17) is 9.47 Å². The van der Waals surface area contributed by atoms with Crippen molar-refractivity contribution in [3.8, 4) is 11.5 Å². The third-order valence-electron chi connectivity index (χ3n) is 3.51. The number of methoxy groups -OCH3 is 1. The molecule has 1 aliphatic rings. The topological polar surface area (TPSA) is 64.6 Å². The van der Waals surface area contributed by atoms with E-state index in [9.17, 15) is 4.79 Å². The molecule has 0 atom stereocenters. The summed E-state index contributed by atoms with van der Waals surface area (Å²) in [6.07, 6.45) is 5.13. The molecule has 0 amide bonds. The van der Waals surface area contributed by atoms with E-state index in [1.807, 2.05) is 19.0 Å². The zero-order valence-electron chi connectivity index (χ0n) is 13.2. The van der Waals surface area contributed by atoms with Crippen LogP contribution in [0, 0.1) is 0 Å². The fourth-order valence-corrected chi connectivity index (χ4v) is 2.28. The Morgan fingerprint density at radius 1 is 1.26 bits per heavy atom. The van der Waals surface area contributed by atoms with Crippen LogP contribution in [0.1, 0.15) is 15.9 Å². The van der Waals surface area contributed by atoms with Crippen molar-refractivity contribution in [1.29, 1.82) is 0 Å². The van der Waals surface area contributed by atoms with Crippen LogP contribution in [0.4, 0.5) is 5.95 Å². The fourth-order valence-electron chi connectivity index (χ4n) is 2.28. The smallest absolute Gasteiger partial charge is 0.224 e. The Hall–Kier alpha value is -2.89. The Bertz CT molecular complexity index is 767. The second-order valence-electron chi connectivity index (χ2n) is 5.36. The van der Waals surface area contributed by atoms with Crippen LogP contribution in [-0.4, -0.2) is 43.6 Å². The zero-order chi connectivity index (χ0) is 16.4. The molecule has 1 aromatic carbocycles. The molecule has 2 aromatic rings. The first-order valence-corrected chi connectivity index (χ1v) is 7.14. The molecule has 0 saturated heterocycles. The predicted octanol–water partition coefficient (Wildman–Crippen LogP) is 2.21. The summed E-state index contributed by atoms with van der Waals surface area (Å²) in [6, 6.07) is 5.19. The van der Waals surface area contributed by atoms with Crippen molar-refractivity contribution < 1.29 is 14.3 Å². The van der Waals surface area contributed by atoms with Crippen LogP contribution in [-0.2, 0) is 0 Å². The highest BCUT2D eigenvalue weighted by atomic mass is 16.5. The molecule has 1 aliphatic heterocycles. The van der Waals surface area contributed by atoms with Crippen LogP contribution in [0.2, 0.25) is 0 Å². The number of carbonyl (C=O) groups excluding carboxylic acids is 1. The zero-order valence-corrected chi connectivity index (χ0v) is 13.2. The lowest BCUT2D eigenvalue weighted by atomic mass is 9.99. The number of aromatic nitrogens is 2. The number of benzene rings is 1. The van der Waals surface area contributed by atoms with Gasteiger partial charge in [0.25, 0.3) is 0 Å². The summed E-state index contributed by atoms with van der Waals surface area (Å²) in [5.41, 5.74) is 1.87. The molecule has 118 valence electrons. The maximum absolute atomic E-state index is 12.6. The van der Waals surface area contributed by atoms with Gasteiger partial charge >= 0.3 is 0 Å². The Morgan fingerprint density at radius 3 is 2.65 bits per heavy atom. The van der Waals surface area contributed by atoms with E-state index < -0.39 is 0 Å². The Kier molecular flexibility index (Phi) is 3.97. The van der Waals surface area contributed by atoms with Crippen LogP contribution in [0.3, 0.4) is 0 Å². The molecule has 23 heavy (non-hydrogen) atoms. The van der Waals surface area contributed by atoms with Crippen LogP contribution >= 0.6 is 0 Å². The minimum Gasteiger partial charge on any atom is -0.497 e. The van der Waals surface area contributed by atoms with E-state index in [2.05, 4.69) is 9.97 Å². The molecule has 0 fully saturated rings. The summed E-state index contributed by atoms with van der Waals surface area (Å²) in [6.45, 7) is 0.217. The van der Waals surface area contributed by atoms with E-state index in [0.29, 0.717) is 28.6 Å². The lowest BCUT2D eigenvalue weighted by Crippen LogP contribution is -2.19. The van der Waals surface area contributed by atoms with Crippen molar-refractivity contribution in [3.63, 3.8) is 0 Å². The molecule has 3 rings (SSSR count). The van der Waals surface area contributed by atoms with Gasteiger partial charge in [-0.2, -0.15) is 0 Å². The van der Waals surface area contributed by atoms with Gasteiger partial charge in [-0.1, -0.05) is 0 Å². The van der Waals surface area contributed by atoms with Gasteiger partial charge in [-0.05, 0) is 18.2 Å². The van der Waals surface area contributed by atoms with Gasteiger partial charge in [0.1, 0.15) is 18.1 Å². The first-order valence-electron chi connectivity index (χ1n) is 7.14. The van der Waals surface area contributed by atoms with Gasteiger partial charge in [-0.15, -0.1) is 0 Å². The number of hydrogen-bond acceptors (Lipinski definition) is 6. The molecule has 0 unspecified atom stereocenters. The van der Waals surface area contributed by atoms with Crippen LogP contribution in [0.25, 0.3) is 6.08 Å². The van der Waals surface area contributed by atoms with Gasteiger partial charge in [-0.3, -0.25) is 4.79 Å². The summed E-state index contributed by atoms with van der Waals surface area (Å²) in [5.74, 6) is 1.78. The minimum atomic E-state index is -0.0504. The molecule has 0 spiro atoms. The first kappa shape index (κ1) is 15.0. The van der Waals surface area contributed by atoms with Crippen LogP contribution in [0.5, 0.6) is 11.5 Å². The average Bonchev–Trinajstić information content (AvgIpc) is 2.57.